The van der Waals surface area contributed by atoms with Crippen molar-refractivity contribution in [2.45, 2.75) is 123 Å². The Kier molecular flexibility index (Phi) is 15.4. The van der Waals surface area contributed by atoms with Gasteiger partial charge >= 0.3 is 12.2 Å². The van der Waals surface area contributed by atoms with E-state index in [0.717, 1.165) is 12.8 Å². The normalized spacial score (nSPS) is 16.8. The van der Waals surface area contributed by atoms with E-state index in [0.29, 0.717) is 35.3 Å². The zero-order chi connectivity index (χ0) is 39.3. The number of nitrogens with one attached hydrogen (secondary N) is 5. The molecule has 14 heteroatoms. The predicted octanol–water partition coefficient (Wildman–Crippen LogP) is 5.35. The third-order valence-electron chi connectivity index (χ3n) is 8.41. The summed E-state index contributed by atoms with van der Waals surface area (Å²) in [5, 5.41) is 22.5. The number of carbonyl (C=O) groups is 6. The molecule has 0 radical (unpaired) electrons. The number of hydrogen-bond acceptors (Lipinski definition) is 8. The molecule has 0 saturated carbocycles. The maximum atomic E-state index is 14.0. The topological polar surface area (TPSA) is 205 Å². The molecule has 14 nitrogen and oxygen atoms in total. The van der Waals surface area contributed by atoms with Gasteiger partial charge in [0.25, 0.3) is 0 Å². The third kappa shape index (κ3) is 14.9. The molecule has 1 fully saturated rings. The van der Waals surface area contributed by atoms with Crippen molar-refractivity contribution in [3.63, 3.8) is 0 Å². The van der Waals surface area contributed by atoms with Crippen LogP contribution in [0.25, 0.3) is 0 Å². The molecule has 0 aliphatic carbocycles. The number of ketones is 1. The summed E-state index contributed by atoms with van der Waals surface area (Å²) >= 11 is 0. The summed E-state index contributed by atoms with van der Waals surface area (Å²) in [5.74, 6) is -1.71. The predicted molar refractivity (Wildman–Crippen MR) is 201 cm³/mol. The van der Waals surface area contributed by atoms with Gasteiger partial charge in [-0.25, -0.2) is 9.59 Å². The van der Waals surface area contributed by atoms with Gasteiger partial charge in [-0.15, -0.1) is 0 Å². The first-order chi connectivity index (χ1) is 24.9. The van der Waals surface area contributed by atoms with Crippen LogP contribution in [0.2, 0.25) is 0 Å². The molecule has 3 unspecified atom stereocenters. The summed E-state index contributed by atoms with van der Waals surface area (Å²) in [7, 11) is 0. The van der Waals surface area contributed by atoms with Crippen LogP contribution in [0.3, 0.4) is 0 Å². The van der Waals surface area contributed by atoms with E-state index in [-0.39, 0.29) is 43.5 Å². The number of unbranched alkanes of at least 4 members (excludes halogenated alkanes) is 2. The van der Waals surface area contributed by atoms with Gasteiger partial charge < -0.3 is 30.5 Å². The number of Topliss-reactive ketones (excluding diaryl/α,β-unsaturated/α-hetero) is 1. The summed E-state index contributed by atoms with van der Waals surface area (Å²) in [4.78, 5) is 77.8. The summed E-state index contributed by atoms with van der Waals surface area (Å²) in [6, 6.07) is 10.00. The smallest absolute Gasteiger partial charge is 0.412 e. The number of anilines is 2. The average Bonchev–Trinajstić information content (AvgIpc) is 3.82. The number of carbonyl (C=O) groups excluding carboxylic acids is 5. The molecular weight excluding hydrogens is 682 g/mol. The van der Waals surface area contributed by atoms with E-state index < -0.39 is 53.3 Å². The average molecular weight is 738 g/mol. The standard InChI is InChI=1S/C39H55N5O9/c1-8-9-10-11-32(45)42-30(21-25-12-16-27(17-13-25)40-36(49)50)34(47)44-31(35(48)43-29(20-24(2)3)33(46)39(7)23-52-39)22-26-14-18-28(19-15-26)41-37(51)53-38(4,5)6/h12-19,24,29-31,40H,8-11,20-23H2,1-7H3,(H,41,51)(H,42,45)(H,43,48)(H,44,47)(H,49,50)/t29?,30?,31?,39-/m1/s1. The third-order valence-corrected chi connectivity index (χ3v) is 8.41. The minimum absolute atomic E-state index is 0.0212. The van der Waals surface area contributed by atoms with Crippen LogP contribution in [0.4, 0.5) is 21.0 Å². The summed E-state index contributed by atoms with van der Waals surface area (Å²) in [6.07, 6.45) is 1.21. The Morgan fingerprint density at radius 2 is 1.28 bits per heavy atom. The Morgan fingerprint density at radius 3 is 1.74 bits per heavy atom. The van der Waals surface area contributed by atoms with Crippen LogP contribution in [0.15, 0.2) is 48.5 Å². The molecule has 2 aromatic carbocycles. The van der Waals surface area contributed by atoms with Crippen molar-refractivity contribution in [1.29, 1.82) is 0 Å². The first-order valence-electron chi connectivity index (χ1n) is 18.1. The molecule has 1 heterocycles. The van der Waals surface area contributed by atoms with E-state index in [2.05, 4.69) is 26.6 Å². The Bertz CT molecular complexity index is 1580. The molecule has 290 valence electrons. The van der Waals surface area contributed by atoms with Crippen LogP contribution < -0.4 is 26.6 Å². The molecule has 0 spiro atoms. The highest BCUT2D eigenvalue weighted by atomic mass is 16.6. The molecule has 2 aromatic rings. The molecule has 1 aliphatic heterocycles. The van der Waals surface area contributed by atoms with Crippen molar-refractivity contribution in [3.05, 3.63) is 59.7 Å². The highest BCUT2D eigenvalue weighted by Crippen LogP contribution is 2.30. The largest absolute Gasteiger partial charge is 0.465 e. The van der Waals surface area contributed by atoms with Gasteiger partial charge in [0, 0.05) is 30.6 Å². The second-order valence-electron chi connectivity index (χ2n) is 15.1. The van der Waals surface area contributed by atoms with E-state index in [1.165, 1.54) is 0 Å². The molecule has 5 amide bonds. The molecule has 1 aliphatic rings. The van der Waals surface area contributed by atoms with Crippen molar-refractivity contribution in [2.75, 3.05) is 17.2 Å². The monoisotopic (exact) mass is 737 g/mol. The lowest BCUT2D eigenvalue weighted by Crippen LogP contribution is -2.57. The lowest BCUT2D eigenvalue weighted by molar-refractivity contribution is -0.134. The van der Waals surface area contributed by atoms with Gasteiger partial charge in [-0.3, -0.25) is 29.8 Å². The number of hydrogen-bond donors (Lipinski definition) is 6. The number of ether oxygens (including phenoxy) is 2. The van der Waals surface area contributed by atoms with Gasteiger partial charge in [0.2, 0.25) is 17.7 Å². The van der Waals surface area contributed by atoms with Crippen molar-refractivity contribution in [3.8, 4) is 0 Å². The molecule has 6 N–H and O–H groups in total. The number of amides is 5. The minimum atomic E-state index is -1.22. The van der Waals surface area contributed by atoms with Gasteiger partial charge in [-0.05, 0) is 81.8 Å². The fourth-order valence-electron chi connectivity index (χ4n) is 5.55. The van der Waals surface area contributed by atoms with Crippen LogP contribution in [-0.4, -0.2) is 76.7 Å². The molecule has 3 rings (SSSR count). The van der Waals surface area contributed by atoms with Crippen LogP contribution in [0, 0.1) is 5.92 Å². The minimum Gasteiger partial charge on any atom is -0.465 e. The van der Waals surface area contributed by atoms with Gasteiger partial charge in [-0.2, -0.15) is 0 Å². The fraction of sp³-hybridized carbons (Fsp3) is 0.538. The second kappa shape index (κ2) is 19.2. The quantitative estimate of drug-likeness (QED) is 0.0812. The Morgan fingerprint density at radius 1 is 0.792 bits per heavy atom. The molecule has 53 heavy (non-hydrogen) atoms. The van der Waals surface area contributed by atoms with Gasteiger partial charge in [0.1, 0.15) is 23.3 Å². The maximum Gasteiger partial charge on any atom is 0.412 e. The molecule has 4 atom stereocenters. The van der Waals surface area contributed by atoms with E-state index in [1.807, 2.05) is 20.8 Å². The van der Waals surface area contributed by atoms with Crippen molar-refractivity contribution in [1.82, 2.24) is 16.0 Å². The number of rotatable bonds is 19. The van der Waals surface area contributed by atoms with Crippen LogP contribution in [0.5, 0.6) is 0 Å². The van der Waals surface area contributed by atoms with Gasteiger partial charge in [0.15, 0.2) is 5.78 Å². The van der Waals surface area contributed by atoms with Crippen molar-refractivity contribution in [2.24, 2.45) is 5.92 Å². The zero-order valence-corrected chi connectivity index (χ0v) is 31.8. The maximum absolute atomic E-state index is 14.0. The lowest BCUT2D eigenvalue weighted by Gasteiger charge is -2.27. The van der Waals surface area contributed by atoms with Crippen molar-refractivity contribution >= 4 is 47.1 Å². The molecule has 0 bridgehead atoms. The first kappa shape index (κ1) is 42.4. The Labute approximate surface area is 311 Å². The number of benzene rings is 2. The lowest BCUT2D eigenvalue weighted by atomic mass is 9.93. The van der Waals surface area contributed by atoms with Crippen LogP contribution in [0.1, 0.15) is 91.7 Å². The summed E-state index contributed by atoms with van der Waals surface area (Å²) in [6.45, 7) is 13.1. The molecular formula is C39H55N5O9. The highest BCUT2D eigenvalue weighted by Gasteiger charge is 2.50. The van der Waals surface area contributed by atoms with E-state index in [4.69, 9.17) is 14.6 Å². The second-order valence-corrected chi connectivity index (χ2v) is 15.1. The first-order valence-corrected chi connectivity index (χ1v) is 18.1. The van der Waals surface area contributed by atoms with E-state index in [1.54, 1.807) is 76.2 Å². The molecule has 1 saturated heterocycles. The molecule has 0 aromatic heterocycles. The van der Waals surface area contributed by atoms with Crippen molar-refractivity contribution < 1.29 is 43.3 Å². The van der Waals surface area contributed by atoms with E-state index in [9.17, 15) is 28.8 Å². The van der Waals surface area contributed by atoms with Crippen LogP contribution >= 0.6 is 0 Å². The Hall–Kier alpha value is -4.98. The SMILES string of the molecule is CCCCCC(=O)NC(Cc1ccc(NC(=O)O)cc1)C(=O)NC(Cc1ccc(NC(=O)OC(C)(C)C)cc1)C(=O)NC(CC(C)C)C(=O)[C@@]1(C)CO1. The number of epoxide rings is 1. The Balaban J connectivity index is 1.89. The summed E-state index contributed by atoms with van der Waals surface area (Å²) in [5.41, 5.74) is 0.421. The highest BCUT2D eigenvalue weighted by molar-refractivity contribution is 5.98. The van der Waals surface area contributed by atoms with Crippen LogP contribution in [-0.2, 0) is 41.5 Å². The fourth-order valence-corrected chi connectivity index (χ4v) is 5.55. The zero-order valence-electron chi connectivity index (χ0n) is 31.8. The van der Waals surface area contributed by atoms with Gasteiger partial charge in [0.05, 0.1) is 12.6 Å². The number of carboxylic acid groups (broad SMARTS) is 1. The van der Waals surface area contributed by atoms with Gasteiger partial charge in [-0.1, -0.05) is 57.9 Å². The van der Waals surface area contributed by atoms with E-state index >= 15 is 0 Å². The summed E-state index contributed by atoms with van der Waals surface area (Å²) < 4.78 is 10.7.